The molecule has 0 radical (unpaired) electrons. The summed E-state index contributed by atoms with van der Waals surface area (Å²) in [5, 5.41) is 0. The first-order chi connectivity index (χ1) is 14.2. The third kappa shape index (κ3) is 17.9. The lowest BCUT2D eigenvalue weighted by atomic mass is 10.1. The lowest BCUT2D eigenvalue weighted by Crippen LogP contribution is -2.29. The molecule has 182 valence electrons. The first-order valence-corrected chi connectivity index (χ1v) is 11.7. The average molecular weight is 461 g/mol. The van der Waals surface area contributed by atoms with Crippen LogP contribution in [0.25, 0.3) is 0 Å². The Morgan fingerprint density at radius 3 is 1.97 bits per heavy atom. The van der Waals surface area contributed by atoms with Crippen LogP contribution in [0.1, 0.15) is 86.0 Å². The molecule has 0 aliphatic rings. The number of nitrogens with zero attached hydrogens (tertiary/aromatic N) is 2. The van der Waals surface area contributed by atoms with Gasteiger partial charge in [-0.1, -0.05) is 20.3 Å². The zero-order valence-corrected chi connectivity index (χ0v) is 21.6. The Morgan fingerprint density at radius 2 is 1.39 bits per heavy atom. The molecule has 7 nitrogen and oxygen atoms in total. The van der Waals surface area contributed by atoms with Crippen molar-refractivity contribution in [3.8, 4) is 0 Å². The number of amides is 2. The van der Waals surface area contributed by atoms with E-state index in [1.165, 1.54) is 0 Å². The summed E-state index contributed by atoms with van der Waals surface area (Å²) < 4.78 is 10.5. The Hall–Kier alpha value is -1.44. The van der Waals surface area contributed by atoms with Crippen molar-refractivity contribution in [3.05, 3.63) is 0 Å². The maximum atomic E-state index is 12.1. The van der Waals surface area contributed by atoms with Gasteiger partial charge in [-0.3, -0.25) is 9.59 Å². The lowest BCUT2D eigenvalue weighted by Gasteiger charge is -2.21. The van der Waals surface area contributed by atoms with Crippen molar-refractivity contribution in [2.45, 2.75) is 96.3 Å². The van der Waals surface area contributed by atoms with E-state index in [1.807, 2.05) is 20.8 Å². The van der Waals surface area contributed by atoms with Crippen molar-refractivity contribution >= 4 is 30.6 Å². The van der Waals surface area contributed by atoms with Crippen LogP contribution in [0, 0.1) is 0 Å². The van der Waals surface area contributed by atoms with Crippen molar-refractivity contribution in [1.82, 2.24) is 9.80 Å². The van der Waals surface area contributed by atoms with Gasteiger partial charge in [-0.15, -0.1) is 0 Å². The molecule has 0 saturated carbocycles. The fraction of sp³-hybridized carbons (Fsp3) is 0.870. The van der Waals surface area contributed by atoms with E-state index >= 15 is 0 Å². The molecule has 2 amide bonds. The maximum absolute atomic E-state index is 12.1. The second-order valence-corrected chi connectivity index (χ2v) is 11.0. The first-order valence-electron chi connectivity index (χ1n) is 11.3. The van der Waals surface area contributed by atoms with Gasteiger partial charge < -0.3 is 19.3 Å². The van der Waals surface area contributed by atoms with E-state index in [1.54, 1.807) is 23.9 Å². The summed E-state index contributed by atoms with van der Waals surface area (Å²) in [6.07, 6.45) is 5.39. The summed E-state index contributed by atoms with van der Waals surface area (Å²) in [6.45, 7) is 11.3. The third-order valence-corrected chi connectivity index (χ3v) is 4.82. The summed E-state index contributed by atoms with van der Waals surface area (Å²) in [5.74, 6) is -0.399. The number of ether oxygens (including phenoxy) is 2. The molecule has 0 spiro atoms. The number of thiol groups is 1. The minimum atomic E-state index is -0.529. The molecule has 0 aliphatic carbocycles. The Balaban J connectivity index is 3.77. The molecule has 0 fully saturated rings. The van der Waals surface area contributed by atoms with Crippen LogP contribution >= 0.6 is 12.6 Å². The molecule has 0 rings (SSSR count). The molecule has 0 aliphatic heterocycles. The van der Waals surface area contributed by atoms with Gasteiger partial charge in [-0.2, -0.15) is 12.6 Å². The topological polar surface area (TPSA) is 76.2 Å². The number of hydrogen-bond acceptors (Lipinski definition) is 6. The van der Waals surface area contributed by atoms with E-state index in [2.05, 4.69) is 26.5 Å². The molecule has 0 atom stereocenters. The Kier molecular flexibility index (Phi) is 13.9. The highest BCUT2D eigenvalue weighted by atomic mass is 32.1. The number of carbonyl (C=O) groups is 3. The number of rotatable bonds is 14. The fourth-order valence-electron chi connectivity index (χ4n) is 2.83. The summed E-state index contributed by atoms with van der Waals surface area (Å²) in [5.41, 5.74) is -0.529. The predicted molar refractivity (Wildman–Crippen MR) is 127 cm³/mol. The van der Waals surface area contributed by atoms with Crippen molar-refractivity contribution in [1.29, 1.82) is 0 Å². The van der Waals surface area contributed by atoms with Crippen LogP contribution in [0.2, 0.25) is 0 Å². The van der Waals surface area contributed by atoms with E-state index in [-0.39, 0.29) is 35.6 Å². The Labute approximate surface area is 194 Å². The lowest BCUT2D eigenvalue weighted by molar-refractivity contribution is -0.156. The Morgan fingerprint density at radius 1 is 0.806 bits per heavy atom. The van der Waals surface area contributed by atoms with E-state index in [9.17, 15) is 14.4 Å². The minimum Gasteiger partial charge on any atom is -0.460 e. The highest BCUT2D eigenvalue weighted by Gasteiger charge is 2.18. The predicted octanol–water partition coefficient (Wildman–Crippen LogP) is 4.68. The number of unbranched alkanes of at least 4 members (excludes halogenated alkanes) is 3. The molecule has 0 aromatic rings. The number of carbonyl (C=O) groups excluding carboxylic acids is 3. The molecule has 31 heavy (non-hydrogen) atoms. The molecule has 0 aromatic carbocycles. The van der Waals surface area contributed by atoms with Crippen molar-refractivity contribution < 1.29 is 23.9 Å². The smallest absolute Gasteiger partial charge is 0.409 e. The number of hydrogen-bond donors (Lipinski definition) is 1. The van der Waals surface area contributed by atoms with Gasteiger partial charge >= 0.3 is 12.1 Å². The highest BCUT2D eigenvalue weighted by Crippen LogP contribution is 2.19. The van der Waals surface area contributed by atoms with Crippen LogP contribution in [-0.2, 0) is 19.1 Å². The van der Waals surface area contributed by atoms with Crippen molar-refractivity contribution in [3.63, 3.8) is 0 Å². The second-order valence-electron chi connectivity index (χ2n) is 9.77. The summed E-state index contributed by atoms with van der Waals surface area (Å²) >= 11 is 4.49. The highest BCUT2D eigenvalue weighted by molar-refractivity contribution is 7.81. The van der Waals surface area contributed by atoms with E-state index in [0.29, 0.717) is 19.7 Å². The van der Waals surface area contributed by atoms with Crippen LogP contribution < -0.4 is 0 Å². The van der Waals surface area contributed by atoms with Gasteiger partial charge in [-0.05, 0) is 52.9 Å². The molecule has 0 unspecified atom stereocenters. The van der Waals surface area contributed by atoms with E-state index in [0.717, 1.165) is 38.5 Å². The van der Waals surface area contributed by atoms with Gasteiger partial charge in [0.1, 0.15) is 5.60 Å². The third-order valence-electron chi connectivity index (χ3n) is 4.60. The molecule has 0 saturated heterocycles. The molecule has 0 aromatic heterocycles. The van der Waals surface area contributed by atoms with Gasteiger partial charge in [0.2, 0.25) is 5.91 Å². The van der Waals surface area contributed by atoms with Gasteiger partial charge in [0.25, 0.3) is 0 Å². The van der Waals surface area contributed by atoms with Crippen LogP contribution in [0.5, 0.6) is 0 Å². The molecule has 0 bridgehead atoms. The summed E-state index contributed by atoms with van der Waals surface area (Å²) in [4.78, 5) is 39.0. The van der Waals surface area contributed by atoms with Gasteiger partial charge in [0, 0.05) is 38.4 Å². The van der Waals surface area contributed by atoms with Crippen LogP contribution in [-0.4, -0.2) is 71.9 Å². The summed E-state index contributed by atoms with van der Waals surface area (Å²) in [6, 6.07) is 0. The zero-order valence-electron chi connectivity index (χ0n) is 20.7. The van der Waals surface area contributed by atoms with Crippen LogP contribution in [0.15, 0.2) is 0 Å². The molecule has 0 heterocycles. The quantitative estimate of drug-likeness (QED) is 0.231. The zero-order chi connectivity index (χ0) is 24.1. The largest absolute Gasteiger partial charge is 0.460 e. The molecule has 8 heteroatoms. The van der Waals surface area contributed by atoms with E-state index < -0.39 is 5.60 Å². The normalized spacial score (nSPS) is 11.7. The SMILES string of the molecule is CN(CCCCCCOC(=O)N(C)CCCC(C)(C)S)C(=O)CCC(=O)OC(C)(C)C. The van der Waals surface area contributed by atoms with Crippen molar-refractivity contribution in [2.24, 2.45) is 0 Å². The summed E-state index contributed by atoms with van der Waals surface area (Å²) in [7, 11) is 3.51. The first kappa shape index (κ1) is 29.6. The minimum absolute atomic E-state index is 0.0263. The maximum Gasteiger partial charge on any atom is 0.409 e. The standard InChI is InChI=1S/C23H44N2O5S/c1-22(2,3)30-20(27)14-13-19(26)24(6)16-10-8-9-11-18-29-21(28)25(7)17-12-15-23(4,5)31/h31H,8-18H2,1-7H3. The van der Waals surface area contributed by atoms with Crippen LogP contribution in [0.3, 0.4) is 0 Å². The fourth-order valence-corrected chi connectivity index (χ4v) is 2.99. The van der Waals surface area contributed by atoms with E-state index in [4.69, 9.17) is 9.47 Å². The van der Waals surface area contributed by atoms with Gasteiger partial charge in [0.15, 0.2) is 0 Å². The average Bonchev–Trinajstić information content (AvgIpc) is 2.62. The monoisotopic (exact) mass is 460 g/mol. The number of esters is 1. The van der Waals surface area contributed by atoms with Gasteiger partial charge in [-0.25, -0.2) is 4.79 Å². The van der Waals surface area contributed by atoms with Crippen LogP contribution in [0.4, 0.5) is 4.79 Å². The van der Waals surface area contributed by atoms with Gasteiger partial charge in [0.05, 0.1) is 13.0 Å². The molecular weight excluding hydrogens is 416 g/mol. The Bertz CT molecular complexity index is 555. The molecule has 0 N–H and O–H groups in total. The van der Waals surface area contributed by atoms with Crippen molar-refractivity contribution in [2.75, 3.05) is 33.8 Å². The second kappa shape index (κ2) is 14.6. The molecular formula is C23H44N2O5S.